The SMILES string of the molecule is CNC(=O)c1nnc(Nc2cc(C(C)(C)O)ccn2)cc1Nc1nccc(-c2ncn(C)n2)c1OC. The van der Waals surface area contributed by atoms with Gasteiger partial charge in [-0.3, -0.25) is 9.48 Å². The second-order valence-corrected chi connectivity index (χ2v) is 8.29. The number of hydrogen-bond acceptors (Lipinski definition) is 11. The van der Waals surface area contributed by atoms with Gasteiger partial charge in [-0.15, -0.1) is 10.2 Å². The van der Waals surface area contributed by atoms with E-state index in [4.69, 9.17) is 4.74 Å². The van der Waals surface area contributed by atoms with Crippen molar-refractivity contribution in [3.63, 3.8) is 0 Å². The van der Waals surface area contributed by atoms with Gasteiger partial charge in [0.25, 0.3) is 5.91 Å². The Kier molecular flexibility index (Phi) is 6.74. The first-order valence-electron chi connectivity index (χ1n) is 10.9. The van der Waals surface area contributed by atoms with Gasteiger partial charge in [0, 0.05) is 32.6 Å². The summed E-state index contributed by atoms with van der Waals surface area (Å²) in [6, 6.07) is 6.76. The Hall–Kier alpha value is -4.65. The lowest BCUT2D eigenvalue weighted by molar-refractivity contribution is 0.0785. The predicted molar refractivity (Wildman–Crippen MR) is 132 cm³/mol. The summed E-state index contributed by atoms with van der Waals surface area (Å²) in [5.74, 6) is 1.49. The average molecular weight is 491 g/mol. The van der Waals surface area contributed by atoms with Crippen LogP contribution in [0.15, 0.2) is 43.0 Å². The fourth-order valence-electron chi connectivity index (χ4n) is 3.36. The number of carbonyl (C=O) groups is 1. The molecule has 0 spiro atoms. The molecule has 0 saturated carbocycles. The van der Waals surface area contributed by atoms with Crippen molar-refractivity contribution < 1.29 is 14.6 Å². The van der Waals surface area contributed by atoms with Crippen molar-refractivity contribution in [2.24, 2.45) is 7.05 Å². The zero-order valence-corrected chi connectivity index (χ0v) is 20.4. The summed E-state index contributed by atoms with van der Waals surface area (Å²) < 4.78 is 7.19. The van der Waals surface area contributed by atoms with Gasteiger partial charge in [0.15, 0.2) is 28.9 Å². The van der Waals surface area contributed by atoms with E-state index in [1.54, 1.807) is 68.6 Å². The summed E-state index contributed by atoms with van der Waals surface area (Å²) in [5, 5.41) is 31.6. The number of amides is 1. The summed E-state index contributed by atoms with van der Waals surface area (Å²) in [4.78, 5) is 25.4. The molecule has 4 heterocycles. The number of anilines is 4. The molecule has 0 aromatic carbocycles. The van der Waals surface area contributed by atoms with E-state index in [2.05, 4.69) is 46.2 Å². The number of nitrogens with one attached hydrogen (secondary N) is 3. The maximum absolute atomic E-state index is 12.5. The van der Waals surface area contributed by atoms with Crippen molar-refractivity contribution in [2.75, 3.05) is 24.8 Å². The first kappa shape index (κ1) is 24.5. The van der Waals surface area contributed by atoms with Crippen LogP contribution in [0.3, 0.4) is 0 Å². The Balaban J connectivity index is 1.72. The molecular weight excluding hydrogens is 464 g/mol. The normalized spacial score (nSPS) is 11.2. The molecule has 4 aromatic heterocycles. The number of pyridine rings is 2. The highest BCUT2D eigenvalue weighted by atomic mass is 16.5. The summed E-state index contributed by atoms with van der Waals surface area (Å²) in [6.45, 7) is 3.36. The highest BCUT2D eigenvalue weighted by molar-refractivity contribution is 5.98. The van der Waals surface area contributed by atoms with Crippen molar-refractivity contribution >= 4 is 29.0 Å². The van der Waals surface area contributed by atoms with E-state index < -0.39 is 11.5 Å². The van der Waals surface area contributed by atoms with Crippen molar-refractivity contribution in [1.82, 2.24) is 40.2 Å². The number of carbonyl (C=O) groups excluding carboxylic acids is 1. The number of hydrogen-bond donors (Lipinski definition) is 4. The van der Waals surface area contributed by atoms with Gasteiger partial charge in [-0.2, -0.15) is 5.10 Å². The molecule has 0 bridgehead atoms. The number of ether oxygens (including phenoxy) is 1. The highest BCUT2D eigenvalue weighted by Crippen LogP contribution is 2.35. The summed E-state index contributed by atoms with van der Waals surface area (Å²) in [5.41, 5.74) is 0.609. The molecule has 4 rings (SSSR count). The molecule has 13 nitrogen and oxygen atoms in total. The minimum atomic E-state index is -1.05. The van der Waals surface area contributed by atoms with E-state index in [1.165, 1.54) is 14.2 Å². The van der Waals surface area contributed by atoms with Crippen LogP contribution in [-0.2, 0) is 12.6 Å². The Labute approximate surface area is 207 Å². The van der Waals surface area contributed by atoms with E-state index in [9.17, 15) is 9.90 Å². The predicted octanol–water partition coefficient (Wildman–Crippen LogP) is 2.14. The van der Waals surface area contributed by atoms with Gasteiger partial charge in [0.1, 0.15) is 12.1 Å². The van der Waals surface area contributed by atoms with Crippen LogP contribution in [0, 0.1) is 0 Å². The first-order chi connectivity index (χ1) is 17.2. The second kappa shape index (κ2) is 9.92. The van der Waals surface area contributed by atoms with Gasteiger partial charge in [-0.1, -0.05) is 0 Å². The molecule has 0 aliphatic heterocycles. The number of aliphatic hydroxyl groups is 1. The lowest BCUT2D eigenvalue weighted by Gasteiger charge is -2.18. The van der Waals surface area contributed by atoms with Crippen molar-refractivity contribution in [1.29, 1.82) is 0 Å². The molecule has 0 fully saturated rings. The molecule has 1 amide bonds. The number of nitrogens with zero attached hydrogens (tertiary/aromatic N) is 7. The molecule has 186 valence electrons. The molecule has 4 N–H and O–H groups in total. The molecule has 0 aliphatic carbocycles. The molecule has 13 heteroatoms. The maximum atomic E-state index is 12.5. The standard InChI is InChI=1S/C23H26N10O3/c1-23(2,35)13-6-8-25-16(10-13)29-17-11-15(18(31-30-17)22(34)24-3)28-21-19(36-5)14(7-9-26-21)20-27-12-33(4)32-20/h6-12,35H,1-5H3,(H,24,34)(H2,25,26,28,29,30). The molecule has 0 aliphatic rings. The van der Waals surface area contributed by atoms with Crippen LogP contribution in [0.25, 0.3) is 11.4 Å². The van der Waals surface area contributed by atoms with Gasteiger partial charge >= 0.3 is 0 Å². The van der Waals surface area contributed by atoms with Gasteiger partial charge in [-0.05, 0) is 37.6 Å². The van der Waals surface area contributed by atoms with E-state index in [0.717, 1.165) is 0 Å². The van der Waals surface area contributed by atoms with Crippen LogP contribution in [-0.4, -0.2) is 60.1 Å². The van der Waals surface area contributed by atoms with Crippen LogP contribution in [0.4, 0.5) is 23.1 Å². The van der Waals surface area contributed by atoms with Gasteiger partial charge in [-0.25, -0.2) is 15.0 Å². The molecule has 0 saturated heterocycles. The average Bonchev–Trinajstić information content (AvgIpc) is 3.29. The van der Waals surface area contributed by atoms with Crippen LogP contribution >= 0.6 is 0 Å². The Morgan fingerprint density at radius 3 is 2.50 bits per heavy atom. The smallest absolute Gasteiger partial charge is 0.273 e. The molecule has 36 heavy (non-hydrogen) atoms. The van der Waals surface area contributed by atoms with E-state index >= 15 is 0 Å². The molecule has 4 aromatic rings. The minimum absolute atomic E-state index is 0.0477. The Morgan fingerprint density at radius 2 is 1.83 bits per heavy atom. The third kappa shape index (κ3) is 5.20. The topological polar surface area (TPSA) is 165 Å². The third-order valence-electron chi connectivity index (χ3n) is 5.16. The molecule has 0 atom stereocenters. The third-order valence-corrected chi connectivity index (χ3v) is 5.16. The van der Waals surface area contributed by atoms with E-state index in [-0.39, 0.29) is 5.69 Å². The number of aryl methyl sites for hydroxylation is 1. The molecule has 0 radical (unpaired) electrons. The van der Waals surface area contributed by atoms with Crippen molar-refractivity contribution in [3.05, 3.63) is 54.2 Å². The van der Waals surface area contributed by atoms with Gasteiger partial charge < -0.3 is 25.8 Å². The van der Waals surface area contributed by atoms with Gasteiger partial charge in [0.2, 0.25) is 0 Å². The largest absolute Gasteiger partial charge is 0.492 e. The Bertz CT molecular complexity index is 1400. The van der Waals surface area contributed by atoms with Crippen LogP contribution in [0.5, 0.6) is 5.75 Å². The molecular formula is C23H26N10O3. The fraction of sp³-hybridized carbons (Fsp3) is 0.261. The lowest BCUT2D eigenvalue weighted by Crippen LogP contribution is -2.21. The highest BCUT2D eigenvalue weighted by Gasteiger charge is 2.21. The summed E-state index contributed by atoms with van der Waals surface area (Å²) in [7, 11) is 4.77. The van der Waals surface area contributed by atoms with Crippen molar-refractivity contribution in [3.8, 4) is 17.1 Å². The van der Waals surface area contributed by atoms with E-state index in [1.807, 2.05) is 0 Å². The minimum Gasteiger partial charge on any atom is -0.492 e. The molecule has 0 unspecified atom stereocenters. The summed E-state index contributed by atoms with van der Waals surface area (Å²) in [6.07, 6.45) is 4.74. The number of aromatic nitrogens is 7. The zero-order chi connectivity index (χ0) is 25.9. The zero-order valence-electron chi connectivity index (χ0n) is 20.4. The van der Waals surface area contributed by atoms with Crippen LogP contribution in [0.2, 0.25) is 0 Å². The monoisotopic (exact) mass is 490 g/mol. The second-order valence-electron chi connectivity index (χ2n) is 8.29. The number of rotatable bonds is 8. The number of methoxy groups -OCH3 is 1. The Morgan fingerprint density at radius 1 is 1.06 bits per heavy atom. The first-order valence-corrected chi connectivity index (χ1v) is 10.9. The van der Waals surface area contributed by atoms with Crippen LogP contribution in [0.1, 0.15) is 29.9 Å². The quantitative estimate of drug-likeness (QED) is 0.286. The maximum Gasteiger partial charge on any atom is 0.273 e. The van der Waals surface area contributed by atoms with Crippen molar-refractivity contribution in [2.45, 2.75) is 19.4 Å². The van der Waals surface area contributed by atoms with Crippen LogP contribution < -0.4 is 20.7 Å². The summed E-state index contributed by atoms with van der Waals surface area (Å²) >= 11 is 0. The van der Waals surface area contributed by atoms with E-state index in [0.29, 0.717) is 45.8 Å². The fourth-order valence-corrected chi connectivity index (χ4v) is 3.36. The van der Waals surface area contributed by atoms with Gasteiger partial charge in [0.05, 0.1) is 24.0 Å². The lowest BCUT2D eigenvalue weighted by atomic mass is 10.00.